The molecule has 0 spiro atoms. The van der Waals surface area contributed by atoms with E-state index in [2.05, 4.69) is 13.8 Å². The van der Waals surface area contributed by atoms with Crippen molar-refractivity contribution in [1.82, 2.24) is 0 Å². The largest absolute Gasteiger partial charge is 0.463 e. The number of unbranched alkanes of at least 4 members (excludes halogenated alkanes) is 24. The standard InChI is InChI=1S/C39H70O7/c1-3-5-7-9-11-13-15-17-19-21-23-25-27-29-37(43)45-33-36(42)39(34(40)31-32-35(39)41)46-38(44)30-28-26-24-22-20-18-16-14-12-10-8-6-4-2/h36,42H,3-33H2,1-2H3. The number of ketones is 2. The highest BCUT2D eigenvalue weighted by atomic mass is 16.6. The van der Waals surface area contributed by atoms with Gasteiger partial charge in [0.25, 0.3) is 5.60 Å². The molecule has 0 heterocycles. The summed E-state index contributed by atoms with van der Waals surface area (Å²) in [5, 5.41) is 10.8. The summed E-state index contributed by atoms with van der Waals surface area (Å²) in [6, 6.07) is 0. The van der Waals surface area contributed by atoms with Crippen LogP contribution in [-0.4, -0.2) is 46.9 Å². The van der Waals surface area contributed by atoms with Gasteiger partial charge in [-0.05, 0) is 12.8 Å². The summed E-state index contributed by atoms with van der Waals surface area (Å²) in [5.41, 5.74) is -2.25. The van der Waals surface area contributed by atoms with Gasteiger partial charge in [0, 0.05) is 25.7 Å². The molecular weight excluding hydrogens is 580 g/mol. The van der Waals surface area contributed by atoms with E-state index in [0.29, 0.717) is 12.8 Å². The first-order valence-corrected chi connectivity index (χ1v) is 19.5. The molecular formula is C39H70O7. The van der Waals surface area contributed by atoms with E-state index in [1.165, 1.54) is 122 Å². The Hall–Kier alpha value is -1.76. The highest BCUT2D eigenvalue weighted by molar-refractivity contribution is 6.17. The molecule has 0 saturated heterocycles. The second-order valence-electron chi connectivity index (χ2n) is 13.7. The summed E-state index contributed by atoms with van der Waals surface area (Å²) in [7, 11) is 0. The van der Waals surface area contributed by atoms with Crippen molar-refractivity contribution in [2.45, 2.75) is 218 Å². The first-order valence-electron chi connectivity index (χ1n) is 19.5. The first-order chi connectivity index (χ1) is 22.4. The Kier molecular flexibility index (Phi) is 26.0. The highest BCUT2D eigenvalue weighted by Gasteiger charge is 2.58. The fourth-order valence-corrected chi connectivity index (χ4v) is 6.47. The Morgan fingerprint density at radius 1 is 0.543 bits per heavy atom. The molecule has 1 fully saturated rings. The van der Waals surface area contributed by atoms with Gasteiger partial charge in [0.2, 0.25) is 0 Å². The Morgan fingerprint density at radius 2 is 0.848 bits per heavy atom. The van der Waals surface area contributed by atoms with Gasteiger partial charge in [0.05, 0.1) is 0 Å². The fourth-order valence-electron chi connectivity index (χ4n) is 6.47. The van der Waals surface area contributed by atoms with Crippen LogP contribution in [0.5, 0.6) is 0 Å². The molecule has 7 heteroatoms. The van der Waals surface area contributed by atoms with E-state index in [-0.39, 0.29) is 25.7 Å². The van der Waals surface area contributed by atoms with E-state index in [4.69, 9.17) is 9.47 Å². The Morgan fingerprint density at radius 3 is 1.20 bits per heavy atom. The second kappa shape index (κ2) is 28.3. The average Bonchev–Trinajstić information content (AvgIpc) is 3.33. The van der Waals surface area contributed by atoms with E-state index < -0.39 is 41.8 Å². The quantitative estimate of drug-likeness (QED) is 0.0438. The normalized spacial score (nSPS) is 14.9. The van der Waals surface area contributed by atoms with Gasteiger partial charge in [-0.15, -0.1) is 0 Å². The molecule has 0 bridgehead atoms. The smallest absolute Gasteiger partial charge is 0.307 e. The molecule has 7 nitrogen and oxygen atoms in total. The predicted molar refractivity (Wildman–Crippen MR) is 186 cm³/mol. The minimum Gasteiger partial charge on any atom is -0.463 e. The Balaban J connectivity index is 2.20. The van der Waals surface area contributed by atoms with Crippen molar-refractivity contribution in [3.63, 3.8) is 0 Å². The molecule has 0 radical (unpaired) electrons. The van der Waals surface area contributed by atoms with Crippen molar-refractivity contribution < 1.29 is 33.8 Å². The highest BCUT2D eigenvalue weighted by Crippen LogP contribution is 2.31. The second-order valence-corrected chi connectivity index (χ2v) is 13.7. The molecule has 1 rings (SSSR count). The Labute approximate surface area is 281 Å². The molecule has 1 saturated carbocycles. The van der Waals surface area contributed by atoms with Crippen LogP contribution in [0.15, 0.2) is 0 Å². The predicted octanol–water partition coefficient (Wildman–Crippen LogP) is 10.1. The van der Waals surface area contributed by atoms with E-state index >= 15 is 0 Å². The lowest BCUT2D eigenvalue weighted by molar-refractivity contribution is -0.186. The molecule has 1 aliphatic carbocycles. The van der Waals surface area contributed by atoms with E-state index in [1.54, 1.807) is 0 Å². The number of carbonyl (C=O) groups excluding carboxylic acids is 4. The minimum absolute atomic E-state index is 0.0885. The number of aliphatic hydroxyl groups is 1. The molecule has 1 atom stereocenters. The third kappa shape index (κ3) is 19.2. The molecule has 0 aromatic carbocycles. The number of esters is 2. The lowest BCUT2D eigenvalue weighted by Gasteiger charge is -2.30. The van der Waals surface area contributed by atoms with Crippen LogP contribution in [0.3, 0.4) is 0 Å². The zero-order valence-corrected chi connectivity index (χ0v) is 29.9. The van der Waals surface area contributed by atoms with Gasteiger partial charge in [0.15, 0.2) is 11.6 Å². The topological polar surface area (TPSA) is 107 Å². The molecule has 0 aromatic heterocycles. The molecule has 0 aromatic rings. The van der Waals surface area contributed by atoms with Gasteiger partial charge >= 0.3 is 11.9 Å². The molecule has 268 valence electrons. The maximum atomic E-state index is 12.7. The van der Waals surface area contributed by atoms with Crippen LogP contribution < -0.4 is 0 Å². The van der Waals surface area contributed by atoms with Crippen LogP contribution in [0, 0.1) is 0 Å². The molecule has 1 unspecified atom stereocenters. The van der Waals surface area contributed by atoms with Gasteiger partial charge in [0.1, 0.15) is 12.7 Å². The summed E-state index contributed by atoms with van der Waals surface area (Å²) in [6.45, 7) is 3.94. The zero-order chi connectivity index (χ0) is 33.7. The molecule has 0 amide bonds. The summed E-state index contributed by atoms with van der Waals surface area (Å²) < 4.78 is 10.7. The van der Waals surface area contributed by atoms with Gasteiger partial charge in [-0.25, -0.2) is 0 Å². The molecule has 1 N–H and O–H groups in total. The van der Waals surface area contributed by atoms with Crippen molar-refractivity contribution >= 4 is 23.5 Å². The average molecular weight is 651 g/mol. The van der Waals surface area contributed by atoms with Crippen molar-refractivity contribution in [3.05, 3.63) is 0 Å². The number of carbonyl (C=O) groups is 4. The molecule has 1 aliphatic rings. The van der Waals surface area contributed by atoms with Crippen molar-refractivity contribution in [3.8, 4) is 0 Å². The third-order valence-electron chi connectivity index (χ3n) is 9.52. The fraction of sp³-hybridized carbons (Fsp3) is 0.897. The van der Waals surface area contributed by atoms with Crippen molar-refractivity contribution in [2.75, 3.05) is 6.61 Å². The van der Waals surface area contributed by atoms with Crippen LogP contribution in [0.25, 0.3) is 0 Å². The summed E-state index contributed by atoms with van der Waals surface area (Å²) in [5.74, 6) is -2.37. The van der Waals surface area contributed by atoms with E-state index in [9.17, 15) is 24.3 Å². The molecule has 0 aliphatic heterocycles. The van der Waals surface area contributed by atoms with Gasteiger partial charge in [-0.1, -0.05) is 168 Å². The van der Waals surface area contributed by atoms with E-state index in [0.717, 1.165) is 32.1 Å². The van der Waals surface area contributed by atoms with Crippen LogP contribution in [0.4, 0.5) is 0 Å². The monoisotopic (exact) mass is 651 g/mol. The van der Waals surface area contributed by atoms with Crippen molar-refractivity contribution in [2.24, 2.45) is 0 Å². The summed E-state index contributed by atoms with van der Waals surface area (Å²) >= 11 is 0. The van der Waals surface area contributed by atoms with Crippen LogP contribution in [0.1, 0.15) is 206 Å². The van der Waals surface area contributed by atoms with Gasteiger partial charge in [-0.3, -0.25) is 19.2 Å². The third-order valence-corrected chi connectivity index (χ3v) is 9.52. The van der Waals surface area contributed by atoms with Crippen LogP contribution in [-0.2, 0) is 28.7 Å². The van der Waals surface area contributed by atoms with Gasteiger partial charge < -0.3 is 14.6 Å². The number of hydrogen-bond donors (Lipinski definition) is 1. The summed E-state index contributed by atoms with van der Waals surface area (Å²) in [6.07, 6.45) is 29.6. The lowest BCUT2D eigenvalue weighted by atomic mass is 9.92. The van der Waals surface area contributed by atoms with Crippen LogP contribution in [0.2, 0.25) is 0 Å². The number of aliphatic hydroxyl groups excluding tert-OH is 1. The summed E-state index contributed by atoms with van der Waals surface area (Å²) in [4.78, 5) is 50.4. The number of Topliss-reactive ketones (excluding diaryl/α,β-unsaturated/α-hetero) is 2. The minimum atomic E-state index is -2.25. The van der Waals surface area contributed by atoms with Gasteiger partial charge in [-0.2, -0.15) is 0 Å². The lowest BCUT2D eigenvalue weighted by Crippen LogP contribution is -2.56. The Bertz CT molecular complexity index is 792. The van der Waals surface area contributed by atoms with Crippen LogP contribution >= 0.6 is 0 Å². The SMILES string of the molecule is CCCCCCCCCCCCCCCC(=O)OCC(O)C1(OC(=O)CCCCCCCCCCCCCCC)C(=O)CCC1=O. The zero-order valence-electron chi connectivity index (χ0n) is 29.9. The number of hydrogen-bond acceptors (Lipinski definition) is 7. The first kappa shape index (κ1) is 42.3. The number of ether oxygens (including phenoxy) is 2. The maximum absolute atomic E-state index is 12.7. The number of rotatable bonds is 32. The van der Waals surface area contributed by atoms with E-state index in [1.807, 2.05) is 0 Å². The van der Waals surface area contributed by atoms with Crippen molar-refractivity contribution in [1.29, 1.82) is 0 Å². The molecule has 46 heavy (non-hydrogen) atoms. The maximum Gasteiger partial charge on any atom is 0.307 e.